The molecule has 6 nitrogen and oxygen atoms in total. The number of hydrogen-bond acceptors (Lipinski definition) is 6. The van der Waals surface area contributed by atoms with Crippen molar-refractivity contribution < 1.29 is 24.4 Å². The summed E-state index contributed by atoms with van der Waals surface area (Å²) in [5, 5.41) is 23.3. The van der Waals surface area contributed by atoms with Crippen LogP contribution in [0.25, 0.3) is 0 Å². The van der Waals surface area contributed by atoms with Crippen molar-refractivity contribution >= 4 is 5.69 Å². The highest BCUT2D eigenvalue weighted by molar-refractivity contribution is 5.66. The fourth-order valence-electron chi connectivity index (χ4n) is 4.04. The van der Waals surface area contributed by atoms with Gasteiger partial charge in [-0.05, 0) is 42.2 Å². The zero-order valence-electron chi connectivity index (χ0n) is 16.8. The Labute approximate surface area is 170 Å². The Morgan fingerprint density at radius 1 is 1.10 bits per heavy atom. The number of aliphatic hydroxyl groups is 2. The molecule has 3 N–H and O–H groups in total. The van der Waals surface area contributed by atoms with E-state index in [4.69, 9.17) is 14.2 Å². The van der Waals surface area contributed by atoms with E-state index < -0.39 is 6.29 Å². The topological polar surface area (TPSA) is 80.2 Å². The maximum atomic E-state index is 10.6. The first-order chi connectivity index (χ1) is 14.1. The highest BCUT2D eigenvalue weighted by Gasteiger charge is 2.33. The molecule has 2 aliphatic rings. The molecule has 29 heavy (non-hydrogen) atoms. The van der Waals surface area contributed by atoms with Crippen molar-refractivity contribution in [1.82, 2.24) is 0 Å². The lowest BCUT2D eigenvalue weighted by Crippen LogP contribution is -2.20. The summed E-state index contributed by atoms with van der Waals surface area (Å²) in [6.07, 6.45) is -0.959. The largest absolute Gasteiger partial charge is 0.486 e. The van der Waals surface area contributed by atoms with E-state index in [1.165, 1.54) is 0 Å². The molecule has 2 aromatic rings. The van der Waals surface area contributed by atoms with Crippen LogP contribution in [0.4, 0.5) is 5.69 Å². The SMILES string of the molecule is CC1=C(C(c2cccc(C)c2)c2cc3c(cc2NCCO)OCCO3)C(O)OC1. The van der Waals surface area contributed by atoms with Gasteiger partial charge in [-0.25, -0.2) is 0 Å². The van der Waals surface area contributed by atoms with Gasteiger partial charge < -0.3 is 29.7 Å². The van der Waals surface area contributed by atoms with Crippen molar-refractivity contribution in [2.24, 2.45) is 0 Å². The van der Waals surface area contributed by atoms with Gasteiger partial charge in [0.2, 0.25) is 0 Å². The maximum Gasteiger partial charge on any atom is 0.178 e. The van der Waals surface area contributed by atoms with Gasteiger partial charge in [-0.15, -0.1) is 0 Å². The molecular weight excluding hydrogens is 370 g/mol. The highest BCUT2D eigenvalue weighted by Crippen LogP contribution is 2.46. The van der Waals surface area contributed by atoms with Gasteiger partial charge in [0.15, 0.2) is 17.8 Å². The lowest BCUT2D eigenvalue weighted by Gasteiger charge is -2.28. The number of aliphatic hydroxyl groups excluding tert-OH is 2. The van der Waals surface area contributed by atoms with E-state index in [0.717, 1.165) is 33.5 Å². The molecule has 0 aromatic heterocycles. The summed E-state index contributed by atoms with van der Waals surface area (Å²) in [6.45, 7) is 5.87. The summed E-state index contributed by atoms with van der Waals surface area (Å²) in [5.74, 6) is 1.15. The van der Waals surface area contributed by atoms with Gasteiger partial charge >= 0.3 is 0 Å². The van der Waals surface area contributed by atoms with Crippen molar-refractivity contribution in [1.29, 1.82) is 0 Å². The first-order valence-electron chi connectivity index (χ1n) is 9.92. The highest BCUT2D eigenvalue weighted by atomic mass is 16.6. The van der Waals surface area contributed by atoms with Gasteiger partial charge in [0.1, 0.15) is 13.2 Å². The molecule has 2 aliphatic heterocycles. The van der Waals surface area contributed by atoms with Gasteiger partial charge in [0.05, 0.1) is 13.2 Å². The van der Waals surface area contributed by atoms with E-state index in [-0.39, 0.29) is 12.5 Å². The number of anilines is 1. The molecule has 0 saturated heterocycles. The number of ether oxygens (including phenoxy) is 3. The zero-order chi connectivity index (χ0) is 20.4. The van der Waals surface area contributed by atoms with Crippen LogP contribution in [0.2, 0.25) is 0 Å². The second kappa shape index (κ2) is 8.45. The summed E-state index contributed by atoms with van der Waals surface area (Å²) in [7, 11) is 0. The van der Waals surface area contributed by atoms with Gasteiger partial charge in [0.25, 0.3) is 0 Å². The Kier molecular flexibility index (Phi) is 5.76. The van der Waals surface area contributed by atoms with Crippen LogP contribution in [0.15, 0.2) is 47.5 Å². The van der Waals surface area contributed by atoms with Crippen LogP contribution in [-0.2, 0) is 4.74 Å². The molecule has 2 aromatic carbocycles. The van der Waals surface area contributed by atoms with E-state index in [1.807, 2.05) is 25.1 Å². The average molecular weight is 397 g/mol. The lowest BCUT2D eigenvalue weighted by molar-refractivity contribution is -0.0481. The van der Waals surface area contributed by atoms with E-state index in [9.17, 15) is 10.2 Å². The molecule has 6 heteroatoms. The minimum absolute atomic E-state index is 0.0104. The quantitative estimate of drug-likeness (QED) is 0.651. The molecule has 0 bridgehead atoms. The van der Waals surface area contributed by atoms with Crippen molar-refractivity contribution in [3.8, 4) is 11.5 Å². The Morgan fingerprint density at radius 3 is 2.52 bits per heavy atom. The molecule has 0 aliphatic carbocycles. The average Bonchev–Trinajstić information content (AvgIpc) is 3.05. The molecule has 0 spiro atoms. The summed E-state index contributed by atoms with van der Waals surface area (Å²) in [5.41, 5.74) is 5.86. The van der Waals surface area contributed by atoms with Gasteiger partial charge in [-0.2, -0.15) is 0 Å². The molecular formula is C23H27NO5. The number of benzene rings is 2. The van der Waals surface area contributed by atoms with E-state index in [0.29, 0.717) is 37.9 Å². The van der Waals surface area contributed by atoms with Crippen LogP contribution >= 0.6 is 0 Å². The summed E-state index contributed by atoms with van der Waals surface area (Å²) >= 11 is 0. The Hall–Kier alpha value is -2.54. The molecule has 0 radical (unpaired) electrons. The summed E-state index contributed by atoms with van der Waals surface area (Å²) in [6, 6.07) is 12.2. The fourth-order valence-corrected chi connectivity index (χ4v) is 4.04. The molecule has 2 heterocycles. The van der Waals surface area contributed by atoms with Crippen LogP contribution in [0, 0.1) is 6.92 Å². The molecule has 0 fully saturated rings. The molecule has 2 unspecified atom stereocenters. The minimum Gasteiger partial charge on any atom is -0.486 e. The normalized spacial score (nSPS) is 19.4. The number of rotatable bonds is 6. The maximum absolute atomic E-state index is 10.6. The first-order valence-corrected chi connectivity index (χ1v) is 9.92. The lowest BCUT2D eigenvalue weighted by atomic mass is 9.81. The van der Waals surface area contributed by atoms with Gasteiger partial charge in [-0.1, -0.05) is 29.8 Å². The standard InChI is InChI=1S/C23H27NO5/c1-14-4-3-5-16(10-14)22(21-15(2)13-29-23(21)26)17-11-19-20(28-9-8-27-19)12-18(17)24-6-7-25/h3-5,10-12,22-26H,6-9,13H2,1-2H3. The smallest absolute Gasteiger partial charge is 0.178 e. The predicted octanol–water partition coefficient (Wildman–Crippen LogP) is 2.97. The van der Waals surface area contributed by atoms with Crippen LogP contribution in [0.3, 0.4) is 0 Å². The number of nitrogens with one attached hydrogen (secondary N) is 1. The van der Waals surface area contributed by atoms with Crippen LogP contribution in [-0.4, -0.2) is 49.5 Å². The van der Waals surface area contributed by atoms with Crippen LogP contribution in [0.5, 0.6) is 11.5 Å². The molecule has 0 saturated carbocycles. The number of fused-ring (bicyclic) bond motifs is 1. The van der Waals surface area contributed by atoms with Crippen LogP contribution < -0.4 is 14.8 Å². The van der Waals surface area contributed by atoms with E-state index in [2.05, 4.69) is 30.4 Å². The summed E-state index contributed by atoms with van der Waals surface area (Å²) < 4.78 is 17.1. The second-order valence-electron chi connectivity index (χ2n) is 7.48. The van der Waals surface area contributed by atoms with Crippen LogP contribution in [0.1, 0.15) is 29.5 Å². The minimum atomic E-state index is -0.959. The molecule has 154 valence electrons. The third-order valence-corrected chi connectivity index (χ3v) is 5.36. The molecule has 0 amide bonds. The van der Waals surface area contributed by atoms with E-state index >= 15 is 0 Å². The monoisotopic (exact) mass is 397 g/mol. The number of aryl methyl sites for hydroxylation is 1. The molecule has 2 atom stereocenters. The van der Waals surface area contributed by atoms with E-state index in [1.54, 1.807) is 0 Å². The summed E-state index contributed by atoms with van der Waals surface area (Å²) in [4.78, 5) is 0. The van der Waals surface area contributed by atoms with Crippen molar-refractivity contribution in [3.63, 3.8) is 0 Å². The van der Waals surface area contributed by atoms with Gasteiger partial charge in [-0.3, -0.25) is 0 Å². The Balaban J connectivity index is 1.91. The van der Waals surface area contributed by atoms with Crippen molar-refractivity contribution in [2.45, 2.75) is 26.1 Å². The predicted molar refractivity (Wildman–Crippen MR) is 111 cm³/mol. The third-order valence-electron chi connectivity index (χ3n) is 5.36. The van der Waals surface area contributed by atoms with Crippen molar-refractivity contribution in [2.75, 3.05) is 38.3 Å². The Morgan fingerprint density at radius 2 is 1.86 bits per heavy atom. The Bertz CT molecular complexity index is 923. The number of hydrogen-bond donors (Lipinski definition) is 3. The van der Waals surface area contributed by atoms with Crippen molar-refractivity contribution in [3.05, 3.63) is 64.2 Å². The first kappa shape index (κ1) is 19.8. The fraction of sp³-hybridized carbons (Fsp3) is 0.391. The molecule has 4 rings (SSSR count). The van der Waals surface area contributed by atoms with Gasteiger partial charge in [0, 0.05) is 24.2 Å². The second-order valence-corrected chi connectivity index (χ2v) is 7.48. The third kappa shape index (κ3) is 3.96. The zero-order valence-corrected chi connectivity index (χ0v) is 16.8.